The van der Waals surface area contributed by atoms with Crippen LogP contribution in [-0.4, -0.2) is 42.3 Å². The molecule has 0 saturated carbocycles. The quantitative estimate of drug-likeness (QED) is 0.882. The number of anilines is 2. The molecule has 2 heterocycles. The Kier molecular flexibility index (Phi) is 4.96. The molecule has 1 atom stereocenters. The first-order valence-corrected chi connectivity index (χ1v) is 7.25. The number of morpholine rings is 1. The summed E-state index contributed by atoms with van der Waals surface area (Å²) in [5, 5.41) is 3.28. The van der Waals surface area contributed by atoms with Crippen LogP contribution in [0.3, 0.4) is 0 Å². The number of nitrogens with zero attached hydrogens (tertiary/aromatic N) is 3. The maximum absolute atomic E-state index is 5.71. The van der Waals surface area contributed by atoms with Gasteiger partial charge in [0.25, 0.3) is 0 Å². The van der Waals surface area contributed by atoms with E-state index in [2.05, 4.69) is 41.0 Å². The van der Waals surface area contributed by atoms with Crippen LogP contribution in [-0.2, 0) is 11.2 Å². The average Bonchev–Trinajstić information content (AvgIpc) is 2.47. The minimum atomic E-state index is 0.316. The van der Waals surface area contributed by atoms with Crippen LogP contribution < -0.4 is 10.2 Å². The molecule has 0 bridgehead atoms. The van der Waals surface area contributed by atoms with Gasteiger partial charge in [-0.1, -0.05) is 13.8 Å². The first kappa shape index (κ1) is 14.1. The fourth-order valence-electron chi connectivity index (χ4n) is 2.25. The predicted octanol–water partition coefficient (Wildman–Crippen LogP) is 2.09. The van der Waals surface area contributed by atoms with E-state index in [0.717, 1.165) is 56.5 Å². The van der Waals surface area contributed by atoms with E-state index in [-0.39, 0.29) is 0 Å². The molecule has 0 amide bonds. The molecule has 1 unspecified atom stereocenters. The summed E-state index contributed by atoms with van der Waals surface area (Å²) in [4.78, 5) is 11.4. The molecule has 5 heteroatoms. The van der Waals surface area contributed by atoms with Crippen molar-refractivity contribution in [1.29, 1.82) is 0 Å². The van der Waals surface area contributed by atoms with E-state index >= 15 is 0 Å². The number of hydrogen-bond acceptors (Lipinski definition) is 5. The molecule has 0 radical (unpaired) electrons. The van der Waals surface area contributed by atoms with E-state index < -0.39 is 0 Å². The van der Waals surface area contributed by atoms with Gasteiger partial charge in [-0.3, -0.25) is 0 Å². The van der Waals surface area contributed by atoms with Crippen molar-refractivity contribution >= 4 is 11.6 Å². The molecule has 1 saturated heterocycles. The number of ether oxygens (including phenoxy) is 1. The molecular formula is C14H24N4O. The van der Waals surface area contributed by atoms with Crippen molar-refractivity contribution in [2.75, 3.05) is 36.5 Å². The molecule has 1 N–H and O–H groups in total. The summed E-state index contributed by atoms with van der Waals surface area (Å²) in [6.45, 7) is 9.80. The van der Waals surface area contributed by atoms with Crippen LogP contribution in [0.15, 0.2) is 6.07 Å². The van der Waals surface area contributed by atoms with E-state index in [1.54, 1.807) is 0 Å². The van der Waals surface area contributed by atoms with Crippen LogP contribution in [0.25, 0.3) is 0 Å². The van der Waals surface area contributed by atoms with Gasteiger partial charge in [-0.25, -0.2) is 9.97 Å². The Hall–Kier alpha value is -1.36. The van der Waals surface area contributed by atoms with E-state index in [4.69, 9.17) is 4.74 Å². The molecule has 19 heavy (non-hydrogen) atoms. The third-order valence-corrected chi connectivity index (χ3v) is 3.35. The van der Waals surface area contributed by atoms with Gasteiger partial charge in [0.2, 0.25) is 0 Å². The van der Waals surface area contributed by atoms with Gasteiger partial charge in [0.1, 0.15) is 17.5 Å². The fraction of sp³-hybridized carbons (Fsp3) is 0.714. The van der Waals surface area contributed by atoms with Gasteiger partial charge in [-0.2, -0.15) is 0 Å². The normalized spacial score (nSPS) is 19.5. The molecule has 0 aliphatic carbocycles. The van der Waals surface area contributed by atoms with E-state index in [1.807, 2.05) is 6.07 Å². The summed E-state index contributed by atoms with van der Waals surface area (Å²) in [5.41, 5.74) is 0. The Bertz CT molecular complexity index is 410. The highest BCUT2D eigenvalue weighted by Gasteiger charge is 2.20. The number of nitrogens with one attached hydrogen (secondary N) is 1. The SMILES string of the molecule is CCNc1cc(N2CCOC(CC)C2)nc(CC)n1. The van der Waals surface area contributed by atoms with Gasteiger partial charge in [0, 0.05) is 32.1 Å². The number of rotatable bonds is 5. The fourth-order valence-corrected chi connectivity index (χ4v) is 2.25. The van der Waals surface area contributed by atoms with Crippen molar-refractivity contribution in [3.05, 3.63) is 11.9 Å². The van der Waals surface area contributed by atoms with Crippen LogP contribution in [0.4, 0.5) is 11.6 Å². The highest BCUT2D eigenvalue weighted by molar-refractivity contribution is 5.49. The van der Waals surface area contributed by atoms with Crippen molar-refractivity contribution in [3.8, 4) is 0 Å². The van der Waals surface area contributed by atoms with Crippen LogP contribution >= 0.6 is 0 Å². The average molecular weight is 264 g/mol. The lowest BCUT2D eigenvalue weighted by Gasteiger charge is -2.33. The van der Waals surface area contributed by atoms with Crippen molar-refractivity contribution in [3.63, 3.8) is 0 Å². The summed E-state index contributed by atoms with van der Waals surface area (Å²) in [7, 11) is 0. The van der Waals surface area contributed by atoms with Crippen molar-refractivity contribution < 1.29 is 4.74 Å². The van der Waals surface area contributed by atoms with Gasteiger partial charge in [0.05, 0.1) is 12.7 Å². The minimum Gasteiger partial charge on any atom is -0.375 e. The van der Waals surface area contributed by atoms with E-state index in [0.29, 0.717) is 6.10 Å². The van der Waals surface area contributed by atoms with Gasteiger partial charge in [-0.15, -0.1) is 0 Å². The highest BCUT2D eigenvalue weighted by Crippen LogP contribution is 2.20. The summed E-state index contributed by atoms with van der Waals surface area (Å²) in [6, 6.07) is 2.04. The standard InChI is InChI=1S/C14H24N4O/c1-4-11-10-18(7-8-19-11)14-9-13(15-6-3)16-12(5-2)17-14/h9,11H,4-8,10H2,1-3H3,(H,15,16,17). The Morgan fingerprint density at radius 3 is 2.89 bits per heavy atom. The Labute approximate surface area is 115 Å². The summed E-state index contributed by atoms with van der Waals surface area (Å²) >= 11 is 0. The number of hydrogen-bond donors (Lipinski definition) is 1. The van der Waals surface area contributed by atoms with Crippen molar-refractivity contribution in [1.82, 2.24) is 9.97 Å². The first-order valence-electron chi connectivity index (χ1n) is 7.25. The maximum atomic E-state index is 5.71. The third-order valence-electron chi connectivity index (χ3n) is 3.35. The molecular weight excluding hydrogens is 240 g/mol. The van der Waals surface area contributed by atoms with Crippen molar-refractivity contribution in [2.24, 2.45) is 0 Å². The van der Waals surface area contributed by atoms with E-state index in [1.165, 1.54) is 0 Å². The lowest BCUT2D eigenvalue weighted by atomic mass is 10.2. The van der Waals surface area contributed by atoms with Gasteiger partial charge in [0.15, 0.2) is 0 Å². The molecule has 1 aromatic heterocycles. The number of aromatic nitrogens is 2. The van der Waals surface area contributed by atoms with Crippen LogP contribution in [0.1, 0.15) is 33.0 Å². The maximum Gasteiger partial charge on any atom is 0.134 e. The second-order valence-electron chi connectivity index (χ2n) is 4.76. The van der Waals surface area contributed by atoms with Gasteiger partial charge < -0.3 is 15.0 Å². The zero-order valence-electron chi connectivity index (χ0n) is 12.1. The summed E-state index contributed by atoms with van der Waals surface area (Å²) < 4.78 is 5.71. The molecule has 1 fully saturated rings. The molecule has 0 aromatic carbocycles. The molecule has 1 aliphatic heterocycles. The van der Waals surface area contributed by atoms with E-state index in [9.17, 15) is 0 Å². The largest absolute Gasteiger partial charge is 0.375 e. The Balaban J connectivity index is 2.19. The summed E-state index contributed by atoms with van der Waals surface area (Å²) in [6.07, 6.45) is 2.21. The molecule has 5 nitrogen and oxygen atoms in total. The molecule has 0 spiro atoms. The summed E-state index contributed by atoms with van der Waals surface area (Å²) in [5.74, 6) is 2.83. The second kappa shape index (κ2) is 6.70. The molecule has 2 rings (SSSR count). The smallest absolute Gasteiger partial charge is 0.134 e. The molecule has 106 valence electrons. The van der Waals surface area contributed by atoms with Crippen LogP contribution in [0.5, 0.6) is 0 Å². The molecule has 1 aliphatic rings. The second-order valence-corrected chi connectivity index (χ2v) is 4.76. The van der Waals surface area contributed by atoms with Gasteiger partial charge in [-0.05, 0) is 13.3 Å². The van der Waals surface area contributed by atoms with Crippen molar-refractivity contribution in [2.45, 2.75) is 39.7 Å². The number of aryl methyl sites for hydroxylation is 1. The lowest BCUT2D eigenvalue weighted by Crippen LogP contribution is -2.42. The zero-order chi connectivity index (χ0) is 13.7. The Morgan fingerprint density at radius 2 is 2.21 bits per heavy atom. The Morgan fingerprint density at radius 1 is 1.37 bits per heavy atom. The topological polar surface area (TPSA) is 50.3 Å². The zero-order valence-corrected chi connectivity index (χ0v) is 12.1. The molecule has 1 aromatic rings. The minimum absolute atomic E-state index is 0.316. The third kappa shape index (κ3) is 3.56. The monoisotopic (exact) mass is 264 g/mol. The first-order chi connectivity index (χ1) is 9.26. The van der Waals surface area contributed by atoms with Crippen LogP contribution in [0, 0.1) is 0 Å². The lowest BCUT2D eigenvalue weighted by molar-refractivity contribution is 0.0381. The predicted molar refractivity (Wildman–Crippen MR) is 77.8 cm³/mol. The van der Waals surface area contributed by atoms with Gasteiger partial charge >= 0.3 is 0 Å². The highest BCUT2D eigenvalue weighted by atomic mass is 16.5. The van der Waals surface area contributed by atoms with Crippen LogP contribution in [0.2, 0.25) is 0 Å².